The second-order valence-electron chi connectivity index (χ2n) is 4.91. The van der Waals surface area contributed by atoms with Gasteiger partial charge in [0.25, 0.3) is 0 Å². The Morgan fingerprint density at radius 2 is 2.11 bits per heavy atom. The molecule has 1 atom stereocenters. The quantitative estimate of drug-likeness (QED) is 0.788. The monoisotopic (exact) mass is 249 g/mol. The van der Waals surface area contributed by atoms with E-state index >= 15 is 0 Å². The number of nitrogens with two attached hydrogens (primary N) is 1. The summed E-state index contributed by atoms with van der Waals surface area (Å²) in [4.78, 5) is 0. The molecule has 1 aromatic carbocycles. The second kappa shape index (κ2) is 6.76. The zero-order valence-corrected chi connectivity index (χ0v) is 11.2. The van der Waals surface area contributed by atoms with E-state index in [0.29, 0.717) is 0 Å². The predicted molar refractivity (Wildman–Crippen MR) is 72.9 cm³/mol. The van der Waals surface area contributed by atoms with Crippen LogP contribution in [0.2, 0.25) is 0 Å². The minimum Gasteiger partial charge on any atom is -0.494 e. The molecule has 2 rings (SSSR count). The molecule has 0 bridgehead atoms. The Bertz CT molecular complexity index is 379. The third-order valence-corrected chi connectivity index (χ3v) is 3.49. The van der Waals surface area contributed by atoms with Crippen LogP contribution in [0.25, 0.3) is 0 Å². The Kier molecular flexibility index (Phi) is 5.02. The van der Waals surface area contributed by atoms with Gasteiger partial charge in [-0.25, -0.2) is 0 Å². The maximum absolute atomic E-state index is 6.10. The van der Waals surface area contributed by atoms with Crippen LogP contribution in [0.15, 0.2) is 18.2 Å². The summed E-state index contributed by atoms with van der Waals surface area (Å²) in [5, 5.41) is 0. The van der Waals surface area contributed by atoms with E-state index in [4.69, 9.17) is 15.2 Å². The molecule has 2 N–H and O–H groups in total. The molecule has 0 aromatic heterocycles. The number of methoxy groups -OCH3 is 1. The average Bonchev–Trinajstić information content (AvgIpc) is 2.39. The van der Waals surface area contributed by atoms with Gasteiger partial charge in [-0.2, -0.15) is 0 Å². The minimum absolute atomic E-state index is 0.213. The molecule has 3 nitrogen and oxygen atoms in total. The van der Waals surface area contributed by atoms with Crippen molar-refractivity contribution in [3.63, 3.8) is 0 Å². The molecule has 0 spiro atoms. The van der Waals surface area contributed by atoms with Gasteiger partial charge in [0.15, 0.2) is 0 Å². The van der Waals surface area contributed by atoms with Crippen LogP contribution in [0.4, 0.5) is 0 Å². The van der Waals surface area contributed by atoms with Gasteiger partial charge in [0.05, 0.1) is 6.61 Å². The van der Waals surface area contributed by atoms with Crippen LogP contribution < -0.4 is 10.5 Å². The molecular formula is C15H23NO2. The van der Waals surface area contributed by atoms with Gasteiger partial charge in [0, 0.05) is 19.8 Å². The van der Waals surface area contributed by atoms with Crippen LogP contribution in [0, 0.1) is 0 Å². The summed E-state index contributed by atoms with van der Waals surface area (Å²) in [5.41, 5.74) is 8.76. The molecular weight excluding hydrogens is 226 g/mol. The summed E-state index contributed by atoms with van der Waals surface area (Å²) in [6, 6.07) is 6.54. The molecule has 0 saturated heterocycles. The lowest BCUT2D eigenvalue weighted by Gasteiger charge is -2.22. The number of rotatable bonds is 6. The lowest BCUT2D eigenvalue weighted by molar-refractivity contribution is 0.184. The highest BCUT2D eigenvalue weighted by Gasteiger charge is 2.16. The first-order valence-corrected chi connectivity index (χ1v) is 6.81. The van der Waals surface area contributed by atoms with Gasteiger partial charge in [-0.15, -0.1) is 0 Å². The first kappa shape index (κ1) is 13.4. The highest BCUT2D eigenvalue weighted by molar-refractivity contribution is 5.38. The Morgan fingerprint density at radius 3 is 2.94 bits per heavy atom. The van der Waals surface area contributed by atoms with Crippen LogP contribution in [0.1, 0.15) is 42.9 Å². The smallest absolute Gasteiger partial charge is 0.119 e. The molecule has 1 unspecified atom stereocenters. The number of aryl methyl sites for hydroxylation is 1. The van der Waals surface area contributed by atoms with Gasteiger partial charge < -0.3 is 15.2 Å². The predicted octanol–water partition coefficient (Wildman–Crippen LogP) is 2.83. The normalized spacial score (nSPS) is 18.4. The lowest BCUT2D eigenvalue weighted by Crippen LogP contribution is -2.17. The topological polar surface area (TPSA) is 44.5 Å². The summed E-state index contributed by atoms with van der Waals surface area (Å²) in [7, 11) is 1.73. The van der Waals surface area contributed by atoms with Crippen LogP contribution in [-0.2, 0) is 11.2 Å². The second-order valence-corrected chi connectivity index (χ2v) is 4.91. The molecule has 1 aliphatic carbocycles. The van der Waals surface area contributed by atoms with E-state index in [1.165, 1.54) is 17.5 Å². The number of benzene rings is 1. The number of fused-ring (bicyclic) bond motifs is 1. The minimum atomic E-state index is 0.213. The SMILES string of the molecule is COCCCCOc1ccc2c(c1)CCCC2N. The largest absolute Gasteiger partial charge is 0.494 e. The highest BCUT2D eigenvalue weighted by Crippen LogP contribution is 2.30. The Labute approximate surface area is 109 Å². The first-order valence-electron chi connectivity index (χ1n) is 6.81. The van der Waals surface area contributed by atoms with Gasteiger partial charge in [-0.1, -0.05) is 6.07 Å². The van der Waals surface area contributed by atoms with Crippen molar-refractivity contribution in [1.82, 2.24) is 0 Å². The van der Waals surface area contributed by atoms with E-state index < -0.39 is 0 Å². The fourth-order valence-electron chi connectivity index (χ4n) is 2.46. The van der Waals surface area contributed by atoms with E-state index in [1.807, 2.05) is 6.07 Å². The molecule has 1 aliphatic rings. The highest BCUT2D eigenvalue weighted by atomic mass is 16.5. The first-order chi connectivity index (χ1) is 8.81. The van der Waals surface area contributed by atoms with E-state index in [9.17, 15) is 0 Å². The molecule has 100 valence electrons. The van der Waals surface area contributed by atoms with E-state index in [0.717, 1.165) is 44.6 Å². The van der Waals surface area contributed by atoms with Crippen LogP contribution in [0.5, 0.6) is 5.75 Å². The molecule has 18 heavy (non-hydrogen) atoms. The standard InChI is InChI=1S/C15H23NO2/c1-17-9-2-3-10-18-13-7-8-14-12(11-13)5-4-6-15(14)16/h7-8,11,15H,2-6,9-10,16H2,1H3. The van der Waals surface area contributed by atoms with Crippen molar-refractivity contribution in [3.8, 4) is 5.75 Å². The van der Waals surface area contributed by atoms with E-state index in [1.54, 1.807) is 7.11 Å². The maximum atomic E-state index is 6.10. The molecule has 0 aliphatic heterocycles. The molecule has 0 fully saturated rings. The fourth-order valence-corrected chi connectivity index (χ4v) is 2.46. The van der Waals surface area contributed by atoms with Crippen molar-refractivity contribution in [2.45, 2.75) is 38.1 Å². The number of ether oxygens (including phenoxy) is 2. The summed E-state index contributed by atoms with van der Waals surface area (Å²) < 4.78 is 10.8. The molecule has 1 aromatic rings. The van der Waals surface area contributed by atoms with Crippen molar-refractivity contribution in [3.05, 3.63) is 29.3 Å². The number of hydrogen-bond donors (Lipinski definition) is 1. The third-order valence-electron chi connectivity index (χ3n) is 3.49. The zero-order chi connectivity index (χ0) is 12.8. The van der Waals surface area contributed by atoms with Crippen molar-refractivity contribution in [2.24, 2.45) is 5.73 Å². The Morgan fingerprint density at radius 1 is 1.28 bits per heavy atom. The molecule has 0 amide bonds. The number of hydrogen-bond acceptors (Lipinski definition) is 3. The van der Waals surface area contributed by atoms with Crippen molar-refractivity contribution >= 4 is 0 Å². The number of unbranched alkanes of at least 4 members (excludes halogenated alkanes) is 1. The van der Waals surface area contributed by atoms with E-state index in [2.05, 4.69) is 12.1 Å². The summed E-state index contributed by atoms with van der Waals surface area (Å²) in [5.74, 6) is 0.972. The van der Waals surface area contributed by atoms with E-state index in [-0.39, 0.29) is 6.04 Å². The molecule has 0 radical (unpaired) electrons. The summed E-state index contributed by atoms with van der Waals surface area (Å²) in [6.45, 7) is 1.57. The van der Waals surface area contributed by atoms with Crippen molar-refractivity contribution in [1.29, 1.82) is 0 Å². The summed E-state index contributed by atoms with van der Waals surface area (Å²) in [6.07, 6.45) is 5.50. The molecule has 0 heterocycles. The van der Waals surface area contributed by atoms with Gasteiger partial charge >= 0.3 is 0 Å². The Hall–Kier alpha value is -1.06. The third kappa shape index (κ3) is 3.47. The van der Waals surface area contributed by atoms with Crippen molar-refractivity contribution < 1.29 is 9.47 Å². The lowest BCUT2D eigenvalue weighted by atomic mass is 9.88. The van der Waals surface area contributed by atoms with Gasteiger partial charge in [0.2, 0.25) is 0 Å². The van der Waals surface area contributed by atoms with Crippen LogP contribution >= 0.6 is 0 Å². The Balaban J connectivity index is 1.87. The fraction of sp³-hybridized carbons (Fsp3) is 0.600. The molecule has 3 heteroatoms. The average molecular weight is 249 g/mol. The van der Waals surface area contributed by atoms with Gasteiger partial charge in [-0.05, 0) is 55.4 Å². The van der Waals surface area contributed by atoms with Crippen molar-refractivity contribution in [2.75, 3.05) is 20.3 Å². The van der Waals surface area contributed by atoms with Gasteiger partial charge in [0.1, 0.15) is 5.75 Å². The maximum Gasteiger partial charge on any atom is 0.119 e. The van der Waals surface area contributed by atoms with Crippen LogP contribution in [0.3, 0.4) is 0 Å². The molecule has 0 saturated carbocycles. The van der Waals surface area contributed by atoms with Gasteiger partial charge in [-0.3, -0.25) is 0 Å². The summed E-state index contributed by atoms with van der Waals surface area (Å²) >= 11 is 0. The van der Waals surface area contributed by atoms with Crippen LogP contribution in [-0.4, -0.2) is 20.3 Å². The zero-order valence-electron chi connectivity index (χ0n) is 11.2.